The molecule has 0 rings (SSSR count). The molecular weight excluding hydrogens is 737 g/mol. The zero-order valence-electron chi connectivity index (χ0n) is 39.9. The molecule has 0 amide bonds. The predicted molar refractivity (Wildman–Crippen MR) is 255 cm³/mol. The van der Waals surface area contributed by atoms with Gasteiger partial charge in [0.2, 0.25) is 0 Å². The van der Waals surface area contributed by atoms with E-state index in [4.69, 9.17) is 13.5 Å². The summed E-state index contributed by atoms with van der Waals surface area (Å²) in [7, 11) is -4.00. The van der Waals surface area contributed by atoms with Crippen molar-refractivity contribution in [2.24, 2.45) is 0 Å². The van der Waals surface area contributed by atoms with E-state index < -0.39 is 10.4 Å². The minimum absolute atomic E-state index is 0.256. The first kappa shape index (κ1) is 57.8. The Labute approximate surface area is 365 Å². The maximum atomic E-state index is 13.1. The van der Waals surface area contributed by atoms with Gasteiger partial charge in [-0.1, -0.05) is 284 Å². The molecule has 0 aliphatic heterocycles. The molecular formula is C52H106O5S. The molecule has 0 aliphatic carbocycles. The lowest BCUT2D eigenvalue weighted by Gasteiger charge is -2.19. The fourth-order valence-corrected chi connectivity index (χ4v) is 9.72. The van der Waals surface area contributed by atoms with Crippen LogP contribution in [-0.4, -0.2) is 32.3 Å². The smallest absolute Gasteiger partial charge is 0.396 e. The Morgan fingerprint density at radius 3 is 0.810 bits per heavy atom. The van der Waals surface area contributed by atoms with Crippen LogP contribution >= 0.6 is 0 Å². The summed E-state index contributed by atoms with van der Waals surface area (Å²) >= 11 is 0. The van der Waals surface area contributed by atoms with Crippen molar-refractivity contribution in [2.75, 3.05) is 6.61 Å². The molecule has 0 aromatic heterocycles. The van der Waals surface area contributed by atoms with E-state index >= 15 is 0 Å². The van der Waals surface area contributed by atoms with Crippen molar-refractivity contribution in [3.8, 4) is 0 Å². The van der Waals surface area contributed by atoms with Gasteiger partial charge in [0.25, 0.3) is 0 Å². The van der Waals surface area contributed by atoms with Crippen LogP contribution in [0.2, 0.25) is 0 Å². The second-order valence-electron chi connectivity index (χ2n) is 18.6. The molecule has 0 saturated carbocycles. The van der Waals surface area contributed by atoms with Crippen LogP contribution in [0.3, 0.4) is 0 Å². The van der Waals surface area contributed by atoms with Crippen molar-refractivity contribution in [2.45, 2.75) is 328 Å². The van der Waals surface area contributed by atoms with Gasteiger partial charge in [0, 0.05) is 6.61 Å². The monoisotopic (exact) mass is 843 g/mol. The van der Waals surface area contributed by atoms with Crippen molar-refractivity contribution >= 4 is 10.4 Å². The molecule has 2 unspecified atom stereocenters. The second-order valence-corrected chi connectivity index (χ2v) is 19.8. The van der Waals surface area contributed by atoms with Crippen molar-refractivity contribution in [1.82, 2.24) is 0 Å². The summed E-state index contributed by atoms with van der Waals surface area (Å²) < 4.78 is 37.5. The minimum atomic E-state index is -4.00. The molecule has 0 spiro atoms. The highest BCUT2D eigenvalue weighted by molar-refractivity contribution is 7.81. The van der Waals surface area contributed by atoms with E-state index in [-0.39, 0.29) is 12.2 Å². The normalized spacial score (nSPS) is 13.1. The van der Waals surface area contributed by atoms with Crippen LogP contribution in [0.15, 0.2) is 0 Å². The van der Waals surface area contributed by atoms with Gasteiger partial charge in [-0.05, 0) is 32.6 Å². The molecule has 0 aromatic carbocycles. The molecule has 0 fully saturated rings. The zero-order valence-corrected chi connectivity index (χ0v) is 40.7. The van der Waals surface area contributed by atoms with Gasteiger partial charge in [-0.2, -0.15) is 8.42 Å². The van der Waals surface area contributed by atoms with Crippen LogP contribution in [0.4, 0.5) is 0 Å². The molecule has 0 radical (unpaired) electrons. The lowest BCUT2D eigenvalue weighted by atomic mass is 10.0. The molecule has 1 N–H and O–H groups in total. The van der Waals surface area contributed by atoms with Crippen LogP contribution in [0.1, 0.15) is 316 Å². The van der Waals surface area contributed by atoms with Crippen molar-refractivity contribution in [3.63, 3.8) is 0 Å². The summed E-state index contributed by atoms with van der Waals surface area (Å²) in [5, 5.41) is 8.87. The third-order valence-corrected chi connectivity index (χ3v) is 13.6. The first-order chi connectivity index (χ1) is 28.4. The lowest BCUT2D eigenvalue weighted by molar-refractivity contribution is 0.112. The van der Waals surface area contributed by atoms with E-state index in [9.17, 15) is 8.42 Å². The molecule has 0 aliphatic rings. The Morgan fingerprint density at radius 1 is 0.328 bits per heavy atom. The third kappa shape index (κ3) is 46.9. The Morgan fingerprint density at radius 2 is 0.552 bits per heavy atom. The highest BCUT2D eigenvalue weighted by Gasteiger charge is 2.23. The summed E-state index contributed by atoms with van der Waals surface area (Å²) in [5.74, 6) is 0. The van der Waals surface area contributed by atoms with Crippen LogP contribution in [-0.2, 0) is 18.8 Å². The topological polar surface area (TPSA) is 72.8 Å². The lowest BCUT2D eigenvalue weighted by Crippen LogP contribution is -2.24. The summed E-state index contributed by atoms with van der Waals surface area (Å²) in [4.78, 5) is 0. The largest absolute Gasteiger partial charge is 0.400 e. The standard InChI is InChI=1S/C52H106O5S/c1-4-6-8-10-12-14-16-18-20-25-29-33-37-41-45-49-52(48-44-40-36-32-28-24-19-17-15-13-11-9-7-5-2)57-58(54,55)56-51(3)47-43-39-35-31-27-23-21-22-26-30-34-38-42-46-50-53/h51-53H,4-50H2,1-3H3. The fourth-order valence-electron chi connectivity index (χ4n) is 8.65. The molecule has 0 saturated heterocycles. The van der Waals surface area contributed by atoms with E-state index in [1.165, 1.54) is 244 Å². The van der Waals surface area contributed by atoms with Crippen LogP contribution < -0.4 is 0 Å². The Kier molecular flexibility index (Phi) is 47.7. The van der Waals surface area contributed by atoms with Gasteiger partial charge >= 0.3 is 10.4 Å². The molecule has 0 bridgehead atoms. The summed E-state index contributed by atoms with van der Waals surface area (Å²) in [6, 6.07) is 0. The van der Waals surface area contributed by atoms with Gasteiger partial charge in [0.05, 0.1) is 12.2 Å². The van der Waals surface area contributed by atoms with Gasteiger partial charge in [-0.15, -0.1) is 0 Å². The minimum Gasteiger partial charge on any atom is -0.396 e. The van der Waals surface area contributed by atoms with Crippen molar-refractivity contribution < 1.29 is 21.9 Å². The number of aliphatic hydroxyl groups is 1. The predicted octanol–water partition coefficient (Wildman–Crippen LogP) is 18.0. The van der Waals surface area contributed by atoms with Gasteiger partial charge < -0.3 is 5.11 Å². The zero-order chi connectivity index (χ0) is 42.3. The Bertz CT molecular complexity index is 864. The van der Waals surface area contributed by atoms with Gasteiger partial charge in [-0.3, -0.25) is 0 Å². The van der Waals surface area contributed by atoms with Crippen LogP contribution in [0.25, 0.3) is 0 Å². The van der Waals surface area contributed by atoms with E-state index in [1.54, 1.807) is 0 Å². The molecule has 5 nitrogen and oxygen atoms in total. The molecule has 0 heterocycles. The summed E-state index contributed by atoms with van der Waals surface area (Å²) in [6.07, 6.45) is 57.9. The number of hydrogen-bond acceptors (Lipinski definition) is 5. The first-order valence-corrected chi connectivity index (χ1v) is 28.0. The average Bonchev–Trinajstić information content (AvgIpc) is 3.20. The summed E-state index contributed by atoms with van der Waals surface area (Å²) in [6.45, 7) is 6.81. The van der Waals surface area contributed by atoms with Crippen molar-refractivity contribution in [3.05, 3.63) is 0 Å². The maximum absolute atomic E-state index is 13.1. The SMILES string of the molecule is CCCCCCCCCCCCCCCCCC(CCCCCCCCCCCCCCCC)OS(=O)(=O)OC(C)CCCCCCCCCCCCCCCCO. The number of rotatable bonds is 51. The second kappa shape index (κ2) is 47.9. The Balaban J connectivity index is 4.29. The van der Waals surface area contributed by atoms with Gasteiger partial charge in [0.1, 0.15) is 0 Å². The molecule has 6 heteroatoms. The third-order valence-electron chi connectivity index (χ3n) is 12.6. The van der Waals surface area contributed by atoms with E-state index in [0.717, 1.165) is 51.4 Å². The average molecular weight is 843 g/mol. The van der Waals surface area contributed by atoms with E-state index in [2.05, 4.69) is 13.8 Å². The quantitative estimate of drug-likeness (QED) is 0.0618. The van der Waals surface area contributed by atoms with Crippen LogP contribution in [0, 0.1) is 0 Å². The number of hydrogen-bond donors (Lipinski definition) is 1. The van der Waals surface area contributed by atoms with Gasteiger partial charge in [-0.25, -0.2) is 8.37 Å². The molecule has 58 heavy (non-hydrogen) atoms. The summed E-state index contributed by atoms with van der Waals surface area (Å²) in [5.41, 5.74) is 0. The highest BCUT2D eigenvalue weighted by Crippen LogP contribution is 2.22. The van der Waals surface area contributed by atoms with Crippen LogP contribution in [0.5, 0.6) is 0 Å². The van der Waals surface area contributed by atoms with Gasteiger partial charge in [0.15, 0.2) is 0 Å². The van der Waals surface area contributed by atoms with E-state index in [0.29, 0.717) is 6.61 Å². The number of unbranched alkanes of at least 4 members (excludes halogenated alkanes) is 40. The molecule has 350 valence electrons. The van der Waals surface area contributed by atoms with E-state index in [1.807, 2.05) is 6.92 Å². The Hall–Kier alpha value is -0.170. The molecule has 2 atom stereocenters. The highest BCUT2D eigenvalue weighted by atomic mass is 32.3. The fraction of sp³-hybridized carbons (Fsp3) is 1.00. The van der Waals surface area contributed by atoms with Crippen molar-refractivity contribution in [1.29, 1.82) is 0 Å². The maximum Gasteiger partial charge on any atom is 0.400 e. The number of aliphatic hydroxyl groups excluding tert-OH is 1. The molecule has 0 aromatic rings. The first-order valence-electron chi connectivity index (χ1n) is 26.7.